The van der Waals surface area contributed by atoms with Crippen molar-refractivity contribution in [1.82, 2.24) is 24.6 Å². The summed E-state index contributed by atoms with van der Waals surface area (Å²) in [6.45, 7) is 0.518. The first-order valence-corrected chi connectivity index (χ1v) is 10.4. The predicted octanol–water partition coefficient (Wildman–Crippen LogP) is 3.49. The van der Waals surface area contributed by atoms with Gasteiger partial charge in [0.1, 0.15) is 6.61 Å². The van der Waals surface area contributed by atoms with E-state index in [2.05, 4.69) is 15.2 Å². The molecule has 0 unspecified atom stereocenters. The van der Waals surface area contributed by atoms with Crippen LogP contribution in [0.3, 0.4) is 0 Å². The van der Waals surface area contributed by atoms with Crippen molar-refractivity contribution in [1.29, 1.82) is 0 Å². The monoisotopic (exact) mass is 419 g/mol. The highest BCUT2D eigenvalue weighted by Crippen LogP contribution is 2.29. The molecule has 1 aliphatic heterocycles. The molecule has 30 heavy (non-hydrogen) atoms. The minimum absolute atomic E-state index is 0.0623. The summed E-state index contributed by atoms with van der Waals surface area (Å²) in [5.74, 6) is 0.400. The summed E-state index contributed by atoms with van der Waals surface area (Å²) in [4.78, 5) is 28.5. The molecular formula is C21H17N5O3S. The lowest BCUT2D eigenvalue weighted by Crippen LogP contribution is -2.33. The number of amides is 2. The molecule has 5 rings (SSSR count). The fraction of sp³-hybridized carbons (Fsp3) is 0.143. The lowest BCUT2D eigenvalue weighted by Gasteiger charge is -2.11. The number of aromatic nitrogens is 4. The number of hydrogen-bond acceptors (Lipinski definition) is 6. The van der Waals surface area contributed by atoms with Crippen LogP contribution in [0.5, 0.6) is 0 Å². The van der Waals surface area contributed by atoms with E-state index in [1.807, 2.05) is 65.2 Å². The Morgan fingerprint density at radius 3 is 2.67 bits per heavy atom. The van der Waals surface area contributed by atoms with Crippen molar-refractivity contribution in [3.05, 3.63) is 60.7 Å². The van der Waals surface area contributed by atoms with Crippen molar-refractivity contribution in [3.63, 3.8) is 0 Å². The number of para-hydroxylation sites is 2. The van der Waals surface area contributed by atoms with E-state index < -0.39 is 6.09 Å². The zero-order valence-electron chi connectivity index (χ0n) is 15.8. The van der Waals surface area contributed by atoms with Crippen molar-refractivity contribution >= 4 is 34.7 Å². The number of hydrogen-bond donors (Lipinski definition) is 1. The fourth-order valence-electron chi connectivity index (χ4n) is 3.37. The van der Waals surface area contributed by atoms with Gasteiger partial charge in [0.05, 0.1) is 18.0 Å². The van der Waals surface area contributed by atoms with Crippen LogP contribution >= 0.6 is 11.8 Å². The molecule has 0 saturated carbocycles. The van der Waals surface area contributed by atoms with Crippen LogP contribution in [0.15, 0.2) is 65.8 Å². The van der Waals surface area contributed by atoms with E-state index in [1.165, 1.54) is 11.8 Å². The first-order valence-electron chi connectivity index (χ1n) is 9.39. The van der Waals surface area contributed by atoms with Crippen molar-refractivity contribution < 1.29 is 14.3 Å². The second-order valence-electron chi connectivity index (χ2n) is 6.70. The smallest absolute Gasteiger partial charge is 0.416 e. The van der Waals surface area contributed by atoms with Crippen LogP contribution in [0.1, 0.15) is 0 Å². The Balaban J connectivity index is 1.50. The number of cyclic esters (lactones) is 1. The number of rotatable bonds is 5. The van der Waals surface area contributed by atoms with Crippen LogP contribution in [0.2, 0.25) is 0 Å². The zero-order valence-corrected chi connectivity index (χ0v) is 16.6. The number of carbonyl (C=O) groups excluding carboxylic acids is 2. The Hall–Kier alpha value is -3.59. The van der Waals surface area contributed by atoms with Gasteiger partial charge in [-0.05, 0) is 24.3 Å². The lowest BCUT2D eigenvalue weighted by atomic mass is 10.2. The van der Waals surface area contributed by atoms with E-state index in [4.69, 9.17) is 4.74 Å². The number of imide groups is 1. The first kappa shape index (κ1) is 18.4. The van der Waals surface area contributed by atoms with Gasteiger partial charge in [0.25, 0.3) is 0 Å². The summed E-state index contributed by atoms with van der Waals surface area (Å²) in [6, 6.07) is 19.7. The lowest BCUT2D eigenvalue weighted by molar-refractivity contribution is -0.125. The van der Waals surface area contributed by atoms with Gasteiger partial charge in [0.15, 0.2) is 11.0 Å². The van der Waals surface area contributed by atoms with Gasteiger partial charge in [0.2, 0.25) is 5.91 Å². The molecule has 2 aromatic carbocycles. The summed E-state index contributed by atoms with van der Waals surface area (Å²) in [5, 5.41) is 10.4. The van der Waals surface area contributed by atoms with Crippen LogP contribution in [0, 0.1) is 0 Å². The average Bonchev–Trinajstić information content (AvgIpc) is 3.49. The Morgan fingerprint density at radius 2 is 1.90 bits per heavy atom. The number of H-pyrrole nitrogens is 1. The van der Waals surface area contributed by atoms with E-state index in [0.29, 0.717) is 11.0 Å². The number of thioether (sulfide) groups is 1. The van der Waals surface area contributed by atoms with E-state index in [-0.39, 0.29) is 24.8 Å². The van der Waals surface area contributed by atoms with Crippen LogP contribution in [-0.4, -0.2) is 55.6 Å². The summed E-state index contributed by atoms with van der Waals surface area (Å²) in [5.41, 5.74) is 2.72. The second kappa shape index (κ2) is 7.68. The van der Waals surface area contributed by atoms with Crippen LogP contribution in [0.4, 0.5) is 4.79 Å². The molecule has 1 saturated heterocycles. The predicted molar refractivity (Wildman–Crippen MR) is 112 cm³/mol. The highest BCUT2D eigenvalue weighted by atomic mass is 32.2. The standard InChI is InChI=1S/C21H17N5O3S/c27-18(25-10-11-29-21(25)28)13-30-20-24-23-19(26(20)15-7-2-1-3-8-15)17-12-14-6-4-5-9-16(14)22-17/h1-9,12,22H,10-11,13H2. The van der Waals surface area contributed by atoms with Gasteiger partial charge in [-0.3, -0.25) is 9.36 Å². The average molecular weight is 419 g/mol. The quantitative estimate of drug-likeness (QED) is 0.498. The number of benzene rings is 2. The molecule has 0 radical (unpaired) electrons. The Kier molecular flexibility index (Phi) is 4.72. The summed E-state index contributed by atoms with van der Waals surface area (Å²) < 4.78 is 6.75. The van der Waals surface area contributed by atoms with Gasteiger partial charge in [-0.15, -0.1) is 10.2 Å². The van der Waals surface area contributed by atoms with Crippen molar-refractivity contribution in [3.8, 4) is 17.2 Å². The molecule has 0 spiro atoms. The highest BCUT2D eigenvalue weighted by molar-refractivity contribution is 7.99. The molecule has 1 fully saturated rings. The molecule has 3 heterocycles. The SMILES string of the molecule is O=C(CSc1nnc(-c2cc3ccccc3[nH]2)n1-c1ccccc1)N1CCOC1=O. The molecule has 9 heteroatoms. The highest BCUT2D eigenvalue weighted by Gasteiger charge is 2.29. The van der Waals surface area contributed by atoms with Crippen molar-refractivity contribution in [2.75, 3.05) is 18.9 Å². The molecular weight excluding hydrogens is 402 g/mol. The van der Waals surface area contributed by atoms with Crippen LogP contribution < -0.4 is 0 Å². The number of aromatic amines is 1. The van der Waals surface area contributed by atoms with E-state index in [0.717, 1.165) is 27.2 Å². The summed E-state index contributed by atoms with van der Waals surface area (Å²) in [7, 11) is 0. The van der Waals surface area contributed by atoms with E-state index in [9.17, 15) is 9.59 Å². The first-order chi connectivity index (χ1) is 14.7. The number of fused-ring (bicyclic) bond motifs is 1. The normalized spacial score (nSPS) is 13.7. The molecule has 0 atom stereocenters. The summed E-state index contributed by atoms with van der Waals surface area (Å²) in [6.07, 6.45) is -0.594. The molecule has 2 amide bonds. The molecule has 1 aliphatic rings. The van der Waals surface area contributed by atoms with Gasteiger partial charge in [-0.2, -0.15) is 0 Å². The maximum atomic E-state index is 12.4. The Labute approximate surface area is 175 Å². The van der Waals surface area contributed by atoms with E-state index in [1.54, 1.807) is 0 Å². The number of nitrogens with zero attached hydrogens (tertiary/aromatic N) is 4. The largest absolute Gasteiger partial charge is 0.447 e. The molecule has 0 aliphatic carbocycles. The minimum atomic E-state index is -0.594. The fourth-order valence-corrected chi connectivity index (χ4v) is 4.19. The van der Waals surface area contributed by atoms with Gasteiger partial charge in [0, 0.05) is 16.6 Å². The van der Waals surface area contributed by atoms with E-state index >= 15 is 0 Å². The van der Waals surface area contributed by atoms with Crippen LogP contribution in [-0.2, 0) is 9.53 Å². The Bertz CT molecular complexity index is 1200. The zero-order chi connectivity index (χ0) is 20.5. The van der Waals surface area contributed by atoms with Gasteiger partial charge in [-0.1, -0.05) is 48.2 Å². The molecule has 0 bridgehead atoms. The van der Waals surface area contributed by atoms with Crippen LogP contribution in [0.25, 0.3) is 28.1 Å². The minimum Gasteiger partial charge on any atom is -0.447 e. The maximum Gasteiger partial charge on any atom is 0.416 e. The molecule has 2 aromatic heterocycles. The van der Waals surface area contributed by atoms with Crippen molar-refractivity contribution in [2.45, 2.75) is 5.16 Å². The van der Waals surface area contributed by atoms with Gasteiger partial charge in [-0.25, -0.2) is 9.69 Å². The molecule has 1 N–H and O–H groups in total. The maximum absolute atomic E-state index is 12.4. The van der Waals surface area contributed by atoms with Crippen molar-refractivity contribution in [2.24, 2.45) is 0 Å². The third-order valence-electron chi connectivity index (χ3n) is 4.81. The number of nitrogens with one attached hydrogen (secondary N) is 1. The molecule has 8 nitrogen and oxygen atoms in total. The molecule has 4 aromatic rings. The van der Waals surface area contributed by atoms with Gasteiger partial charge < -0.3 is 9.72 Å². The third kappa shape index (κ3) is 3.33. The number of ether oxygens (including phenoxy) is 1. The molecule has 150 valence electrons. The second-order valence-corrected chi connectivity index (χ2v) is 7.64. The third-order valence-corrected chi connectivity index (χ3v) is 5.72. The summed E-state index contributed by atoms with van der Waals surface area (Å²) >= 11 is 1.24. The number of carbonyl (C=O) groups is 2. The Morgan fingerprint density at radius 1 is 1.10 bits per heavy atom. The topological polar surface area (TPSA) is 93.1 Å². The van der Waals surface area contributed by atoms with Gasteiger partial charge >= 0.3 is 6.09 Å².